The number of nitrogens with one attached hydrogen (secondary N) is 1. The fraction of sp³-hybridized carbons (Fsp3) is 0.632. The molecule has 1 N–H and O–H groups in total. The van der Waals surface area contributed by atoms with Crippen molar-refractivity contribution in [2.45, 2.75) is 25.8 Å². The molecule has 152 valence electrons. The third kappa shape index (κ3) is 6.48. The molecule has 1 aliphatic rings. The van der Waals surface area contributed by atoms with Gasteiger partial charge in [0.05, 0.1) is 11.9 Å². The van der Waals surface area contributed by atoms with Crippen LogP contribution in [-0.2, 0) is 14.8 Å². The van der Waals surface area contributed by atoms with Crippen LogP contribution >= 0.6 is 0 Å². The Labute approximate surface area is 163 Å². The van der Waals surface area contributed by atoms with Gasteiger partial charge in [0.15, 0.2) is 0 Å². The molecule has 2 rings (SSSR count). The van der Waals surface area contributed by atoms with Crippen LogP contribution in [0.3, 0.4) is 0 Å². The minimum absolute atomic E-state index is 0.245. The topological polar surface area (TPSA) is 73.0 Å². The van der Waals surface area contributed by atoms with E-state index in [4.69, 9.17) is 0 Å². The summed E-state index contributed by atoms with van der Waals surface area (Å²) in [6.45, 7) is 7.58. The van der Waals surface area contributed by atoms with Crippen LogP contribution in [0.25, 0.3) is 0 Å². The van der Waals surface area contributed by atoms with Gasteiger partial charge in [0, 0.05) is 32.7 Å². The van der Waals surface area contributed by atoms with Gasteiger partial charge in [0.25, 0.3) is 0 Å². The molecule has 0 aliphatic carbocycles. The molecular formula is C19H32N4O3S. The maximum absolute atomic E-state index is 12.7. The third-order valence-electron chi connectivity index (χ3n) is 4.89. The number of sulfonamides is 1. The van der Waals surface area contributed by atoms with E-state index in [1.165, 1.54) is 4.31 Å². The molecule has 1 saturated heterocycles. The Morgan fingerprint density at radius 3 is 2.37 bits per heavy atom. The zero-order valence-electron chi connectivity index (χ0n) is 16.6. The summed E-state index contributed by atoms with van der Waals surface area (Å²) < 4.78 is 25.9. The normalized spacial score (nSPS) is 17.4. The van der Waals surface area contributed by atoms with Crippen LogP contribution in [0, 0.1) is 0 Å². The van der Waals surface area contributed by atoms with Crippen LogP contribution in [0.2, 0.25) is 0 Å². The summed E-state index contributed by atoms with van der Waals surface area (Å²) in [6, 6.07) is 8.05. The molecule has 0 bridgehead atoms. The number of para-hydroxylation sites is 1. The zero-order chi connectivity index (χ0) is 19.9. The smallest absolute Gasteiger partial charge is 0.243 e. The summed E-state index contributed by atoms with van der Waals surface area (Å²) in [5.74, 6) is -0.245. The second-order valence-corrected chi connectivity index (χ2v) is 8.97. The molecule has 0 aromatic heterocycles. The Morgan fingerprint density at radius 1 is 1.19 bits per heavy atom. The van der Waals surface area contributed by atoms with Gasteiger partial charge in [0.1, 0.15) is 6.04 Å². The van der Waals surface area contributed by atoms with Crippen molar-refractivity contribution >= 4 is 21.6 Å². The molecule has 27 heavy (non-hydrogen) atoms. The minimum atomic E-state index is -3.57. The Bertz CT molecular complexity index is 688. The molecule has 1 heterocycles. The van der Waals surface area contributed by atoms with E-state index in [0.717, 1.165) is 45.4 Å². The summed E-state index contributed by atoms with van der Waals surface area (Å²) in [7, 11) is -1.44. The quantitative estimate of drug-likeness (QED) is 0.630. The molecule has 1 aliphatic heterocycles. The van der Waals surface area contributed by atoms with Gasteiger partial charge in [-0.25, -0.2) is 8.42 Å². The number of carbonyl (C=O) groups excluding carboxylic acids is 1. The molecule has 1 atom stereocenters. The largest absolute Gasteiger partial charge is 0.354 e. The number of benzene rings is 1. The number of carbonyl (C=O) groups is 1. The van der Waals surface area contributed by atoms with E-state index < -0.39 is 16.1 Å². The van der Waals surface area contributed by atoms with Gasteiger partial charge in [-0.2, -0.15) is 0 Å². The first kappa shape index (κ1) is 21.7. The predicted octanol–water partition coefficient (Wildman–Crippen LogP) is 0.985. The van der Waals surface area contributed by atoms with E-state index in [2.05, 4.69) is 22.2 Å². The Kier molecular flexibility index (Phi) is 8.07. The zero-order valence-corrected chi connectivity index (χ0v) is 17.4. The first-order valence-electron chi connectivity index (χ1n) is 9.56. The number of rotatable bonds is 9. The number of anilines is 1. The highest BCUT2D eigenvalue weighted by Crippen LogP contribution is 2.21. The van der Waals surface area contributed by atoms with Crippen molar-refractivity contribution in [2.75, 3.05) is 56.9 Å². The minimum Gasteiger partial charge on any atom is -0.354 e. The molecule has 8 heteroatoms. The molecule has 1 aromatic rings. The van der Waals surface area contributed by atoms with Crippen LogP contribution in [-0.4, -0.2) is 82.7 Å². The van der Waals surface area contributed by atoms with Crippen LogP contribution in [0.15, 0.2) is 30.3 Å². The van der Waals surface area contributed by atoms with Crippen molar-refractivity contribution in [3.8, 4) is 0 Å². The maximum Gasteiger partial charge on any atom is 0.243 e. The molecule has 0 radical (unpaired) electrons. The average Bonchev–Trinajstić information content (AvgIpc) is 2.64. The van der Waals surface area contributed by atoms with Crippen LogP contribution < -0.4 is 9.62 Å². The van der Waals surface area contributed by atoms with Crippen LogP contribution in [0.5, 0.6) is 0 Å². The Balaban J connectivity index is 1.91. The highest BCUT2D eigenvalue weighted by Gasteiger charge is 2.31. The fourth-order valence-corrected chi connectivity index (χ4v) is 4.55. The van der Waals surface area contributed by atoms with E-state index in [1.807, 2.05) is 13.0 Å². The van der Waals surface area contributed by atoms with Crippen LogP contribution in [0.4, 0.5) is 5.69 Å². The van der Waals surface area contributed by atoms with Gasteiger partial charge in [-0.05, 0) is 38.6 Å². The van der Waals surface area contributed by atoms with Crippen molar-refractivity contribution in [3.05, 3.63) is 30.3 Å². The number of piperazine rings is 1. The van der Waals surface area contributed by atoms with Crippen molar-refractivity contribution in [1.82, 2.24) is 15.1 Å². The van der Waals surface area contributed by atoms with E-state index in [9.17, 15) is 13.2 Å². The van der Waals surface area contributed by atoms with Gasteiger partial charge >= 0.3 is 0 Å². The summed E-state index contributed by atoms with van der Waals surface area (Å²) in [5.41, 5.74) is 0.513. The van der Waals surface area contributed by atoms with Gasteiger partial charge in [-0.3, -0.25) is 9.10 Å². The van der Waals surface area contributed by atoms with Gasteiger partial charge in [0.2, 0.25) is 15.9 Å². The molecule has 1 unspecified atom stereocenters. The Morgan fingerprint density at radius 2 is 1.81 bits per heavy atom. The molecular weight excluding hydrogens is 364 g/mol. The van der Waals surface area contributed by atoms with E-state index in [1.54, 1.807) is 24.3 Å². The molecule has 0 spiro atoms. The number of nitrogens with zero attached hydrogens (tertiary/aromatic N) is 3. The molecule has 1 aromatic carbocycles. The predicted molar refractivity (Wildman–Crippen MR) is 109 cm³/mol. The first-order chi connectivity index (χ1) is 12.8. The van der Waals surface area contributed by atoms with Crippen molar-refractivity contribution in [3.63, 3.8) is 0 Å². The van der Waals surface area contributed by atoms with Gasteiger partial charge in [-0.15, -0.1) is 0 Å². The molecule has 0 saturated carbocycles. The van der Waals surface area contributed by atoms with Gasteiger partial charge < -0.3 is 15.1 Å². The standard InChI is InChI=1S/C19H32N4O3S/c1-4-18(23(27(3,25)26)17-9-6-5-7-10-17)19(24)20-11-8-12-22-15-13-21(2)14-16-22/h5-7,9-10,18H,4,8,11-16H2,1-3H3,(H,20,24). The lowest BCUT2D eigenvalue weighted by atomic mass is 10.2. The highest BCUT2D eigenvalue weighted by molar-refractivity contribution is 7.92. The van der Waals surface area contributed by atoms with Crippen molar-refractivity contribution in [2.24, 2.45) is 0 Å². The van der Waals surface area contributed by atoms with Crippen molar-refractivity contribution in [1.29, 1.82) is 0 Å². The summed E-state index contributed by atoms with van der Waals surface area (Å²) in [5, 5.41) is 2.92. The number of likely N-dealkylation sites (N-methyl/N-ethyl adjacent to an activating group) is 1. The second-order valence-electron chi connectivity index (χ2n) is 7.11. The summed E-state index contributed by atoms with van der Waals surface area (Å²) in [4.78, 5) is 17.4. The number of hydrogen-bond donors (Lipinski definition) is 1. The third-order valence-corrected chi connectivity index (χ3v) is 6.07. The van der Waals surface area contributed by atoms with E-state index >= 15 is 0 Å². The van der Waals surface area contributed by atoms with Crippen LogP contribution in [0.1, 0.15) is 19.8 Å². The summed E-state index contributed by atoms with van der Waals surface area (Å²) in [6.07, 6.45) is 2.41. The SMILES string of the molecule is CCC(C(=O)NCCCN1CCN(C)CC1)N(c1ccccc1)S(C)(=O)=O. The number of hydrogen-bond acceptors (Lipinski definition) is 5. The average molecular weight is 397 g/mol. The van der Waals surface area contributed by atoms with E-state index in [0.29, 0.717) is 18.7 Å². The lowest BCUT2D eigenvalue weighted by Gasteiger charge is -2.32. The molecule has 1 fully saturated rings. The Hall–Kier alpha value is -1.64. The van der Waals surface area contributed by atoms with E-state index in [-0.39, 0.29) is 5.91 Å². The van der Waals surface area contributed by atoms with Crippen molar-refractivity contribution < 1.29 is 13.2 Å². The summed E-state index contributed by atoms with van der Waals surface area (Å²) >= 11 is 0. The maximum atomic E-state index is 12.7. The second kappa shape index (κ2) is 10.1. The first-order valence-corrected chi connectivity index (χ1v) is 11.4. The lowest BCUT2D eigenvalue weighted by molar-refractivity contribution is -0.122. The fourth-order valence-electron chi connectivity index (χ4n) is 3.34. The number of amides is 1. The van der Waals surface area contributed by atoms with Gasteiger partial charge in [-0.1, -0.05) is 25.1 Å². The molecule has 7 nitrogen and oxygen atoms in total. The molecule has 1 amide bonds. The lowest BCUT2D eigenvalue weighted by Crippen LogP contribution is -2.50. The highest BCUT2D eigenvalue weighted by atomic mass is 32.2. The monoisotopic (exact) mass is 396 g/mol.